The molecule has 0 aromatic heterocycles. The zero-order valence-electron chi connectivity index (χ0n) is 14.7. The maximum absolute atomic E-state index is 9.67. The van der Waals surface area contributed by atoms with Gasteiger partial charge in [0.2, 0.25) is 0 Å². The normalized spacial score (nSPS) is 12.1. The van der Waals surface area contributed by atoms with E-state index in [1.807, 2.05) is 0 Å². The van der Waals surface area contributed by atoms with Crippen LogP contribution >= 0.6 is 0 Å². The molecule has 0 aromatic carbocycles. The molecule has 0 aliphatic carbocycles. The van der Waals surface area contributed by atoms with E-state index in [2.05, 4.69) is 16.9 Å². The van der Waals surface area contributed by atoms with E-state index in [4.69, 9.17) is 5.53 Å². The van der Waals surface area contributed by atoms with Crippen LogP contribution in [0.5, 0.6) is 0 Å². The van der Waals surface area contributed by atoms with Crippen molar-refractivity contribution in [1.82, 2.24) is 0 Å². The second-order valence-electron chi connectivity index (χ2n) is 6.43. The molecule has 0 aromatic rings. The molecule has 0 aliphatic rings. The van der Waals surface area contributed by atoms with Crippen molar-refractivity contribution in [3.8, 4) is 0 Å². The lowest BCUT2D eigenvalue weighted by Crippen LogP contribution is -2.07. The molecule has 0 saturated heterocycles. The third kappa shape index (κ3) is 17.3. The highest BCUT2D eigenvalue weighted by Crippen LogP contribution is 2.13. The van der Waals surface area contributed by atoms with E-state index in [0.29, 0.717) is 13.0 Å². The molecule has 0 amide bonds. The van der Waals surface area contributed by atoms with Crippen molar-refractivity contribution >= 4 is 0 Å². The summed E-state index contributed by atoms with van der Waals surface area (Å²) in [6.45, 7) is 2.68. The van der Waals surface area contributed by atoms with Crippen molar-refractivity contribution in [2.24, 2.45) is 5.11 Å². The second-order valence-corrected chi connectivity index (χ2v) is 6.43. The Morgan fingerprint density at radius 3 is 1.68 bits per heavy atom. The van der Waals surface area contributed by atoms with Crippen molar-refractivity contribution in [1.29, 1.82) is 0 Å². The van der Waals surface area contributed by atoms with Gasteiger partial charge in [-0.05, 0) is 18.4 Å². The third-order valence-corrected chi connectivity index (χ3v) is 4.27. The molecule has 22 heavy (non-hydrogen) atoms. The first-order valence-electron chi connectivity index (χ1n) is 9.50. The first kappa shape index (κ1) is 21.3. The van der Waals surface area contributed by atoms with Crippen molar-refractivity contribution in [2.45, 2.75) is 109 Å². The fraction of sp³-hybridized carbons (Fsp3) is 1.00. The maximum Gasteiger partial charge on any atom is 0.0541 e. The van der Waals surface area contributed by atoms with E-state index >= 15 is 0 Å². The second kappa shape index (κ2) is 18.3. The van der Waals surface area contributed by atoms with Crippen molar-refractivity contribution in [2.75, 3.05) is 6.54 Å². The third-order valence-electron chi connectivity index (χ3n) is 4.27. The van der Waals surface area contributed by atoms with Gasteiger partial charge in [-0.2, -0.15) is 0 Å². The van der Waals surface area contributed by atoms with Gasteiger partial charge in [0, 0.05) is 11.5 Å². The van der Waals surface area contributed by atoms with Crippen LogP contribution in [0, 0.1) is 0 Å². The van der Waals surface area contributed by atoms with Crippen molar-refractivity contribution in [3.05, 3.63) is 10.4 Å². The molecule has 130 valence electrons. The minimum absolute atomic E-state index is 0.293. The molecule has 0 aliphatic heterocycles. The van der Waals surface area contributed by atoms with Crippen LogP contribution in [-0.4, -0.2) is 17.8 Å². The fourth-order valence-electron chi connectivity index (χ4n) is 2.79. The van der Waals surface area contributed by atoms with Crippen LogP contribution in [0.3, 0.4) is 0 Å². The van der Waals surface area contributed by atoms with Crippen LogP contribution in [0.2, 0.25) is 0 Å². The molecule has 0 heterocycles. The molecule has 0 spiro atoms. The van der Waals surface area contributed by atoms with Gasteiger partial charge in [-0.1, -0.05) is 95.5 Å². The Morgan fingerprint density at radius 2 is 1.23 bits per heavy atom. The number of aliphatic hydroxyl groups is 1. The highest BCUT2D eigenvalue weighted by atomic mass is 16.3. The number of nitrogens with zero attached hydrogens (tertiary/aromatic N) is 3. The molecule has 0 unspecified atom stereocenters. The minimum atomic E-state index is -0.293. The van der Waals surface area contributed by atoms with Gasteiger partial charge in [0.1, 0.15) is 0 Å². The molecule has 0 bridgehead atoms. The van der Waals surface area contributed by atoms with Crippen LogP contribution in [-0.2, 0) is 0 Å². The van der Waals surface area contributed by atoms with Crippen molar-refractivity contribution < 1.29 is 5.11 Å². The highest BCUT2D eigenvalue weighted by Gasteiger charge is 2.02. The van der Waals surface area contributed by atoms with E-state index in [0.717, 1.165) is 12.8 Å². The molecule has 0 rings (SSSR count). The molecule has 4 nitrogen and oxygen atoms in total. The molecule has 0 fully saturated rings. The predicted octanol–water partition coefficient (Wildman–Crippen LogP) is 6.53. The summed E-state index contributed by atoms with van der Waals surface area (Å²) < 4.78 is 0. The number of azide groups is 1. The summed E-state index contributed by atoms with van der Waals surface area (Å²) in [5.41, 5.74) is 8.15. The minimum Gasteiger partial charge on any atom is -0.393 e. The van der Waals surface area contributed by atoms with E-state index in [1.165, 1.54) is 77.0 Å². The molecule has 4 heteroatoms. The van der Waals surface area contributed by atoms with Gasteiger partial charge in [0.15, 0.2) is 0 Å². The van der Waals surface area contributed by atoms with Crippen LogP contribution < -0.4 is 0 Å². The number of hydrogen-bond donors (Lipinski definition) is 1. The summed E-state index contributed by atoms with van der Waals surface area (Å²) in [7, 11) is 0. The van der Waals surface area contributed by atoms with Gasteiger partial charge in [0.05, 0.1) is 6.10 Å². The SMILES string of the molecule is CCCCCCCCCCCCCCC[C@H](O)CCN=[N+]=[N-]. The number of rotatable bonds is 17. The van der Waals surface area contributed by atoms with E-state index in [-0.39, 0.29) is 6.10 Å². The standard InChI is InChI=1S/C18H37N3O/c1-2-3-4-5-6-7-8-9-10-11-12-13-14-15-18(22)16-17-20-21-19/h18,22H,2-17H2,1H3/t18-/m0/s1. The smallest absolute Gasteiger partial charge is 0.0541 e. The van der Waals surface area contributed by atoms with E-state index in [1.54, 1.807) is 0 Å². The maximum atomic E-state index is 9.67. The van der Waals surface area contributed by atoms with Gasteiger partial charge in [-0.25, -0.2) is 0 Å². The van der Waals surface area contributed by atoms with Gasteiger partial charge < -0.3 is 5.11 Å². The average Bonchev–Trinajstić information content (AvgIpc) is 2.52. The molecule has 1 N–H and O–H groups in total. The fourth-order valence-corrected chi connectivity index (χ4v) is 2.79. The Bertz CT molecular complexity index is 265. The van der Waals surface area contributed by atoms with Crippen LogP contribution in [0.1, 0.15) is 103 Å². The Morgan fingerprint density at radius 1 is 0.773 bits per heavy atom. The van der Waals surface area contributed by atoms with Crippen LogP contribution in [0.25, 0.3) is 10.4 Å². The predicted molar refractivity (Wildman–Crippen MR) is 94.9 cm³/mol. The molecule has 1 atom stereocenters. The summed E-state index contributed by atoms with van der Waals surface area (Å²) in [5, 5.41) is 13.1. The van der Waals surface area contributed by atoms with Crippen LogP contribution in [0.4, 0.5) is 0 Å². The Labute approximate surface area is 137 Å². The van der Waals surface area contributed by atoms with Gasteiger partial charge in [-0.3, -0.25) is 0 Å². The lowest BCUT2D eigenvalue weighted by molar-refractivity contribution is 0.153. The Kier molecular flexibility index (Phi) is 17.7. The Hall–Kier alpha value is -0.730. The van der Waals surface area contributed by atoms with E-state index in [9.17, 15) is 5.11 Å². The molecular formula is C18H37N3O. The number of aliphatic hydroxyl groups excluding tert-OH is 1. The van der Waals surface area contributed by atoms with Gasteiger partial charge in [-0.15, -0.1) is 0 Å². The summed E-state index contributed by atoms with van der Waals surface area (Å²) in [4.78, 5) is 2.69. The quantitative estimate of drug-likeness (QED) is 0.141. The summed E-state index contributed by atoms with van der Waals surface area (Å²) in [5.74, 6) is 0. The summed E-state index contributed by atoms with van der Waals surface area (Å²) in [6.07, 6.45) is 18.7. The highest BCUT2D eigenvalue weighted by molar-refractivity contribution is 4.59. The lowest BCUT2D eigenvalue weighted by atomic mass is 10.0. The topological polar surface area (TPSA) is 69.0 Å². The van der Waals surface area contributed by atoms with Gasteiger partial charge >= 0.3 is 0 Å². The first-order valence-corrected chi connectivity index (χ1v) is 9.50. The van der Waals surface area contributed by atoms with Crippen molar-refractivity contribution in [3.63, 3.8) is 0 Å². The largest absolute Gasteiger partial charge is 0.393 e. The molecule has 0 saturated carbocycles. The molecular weight excluding hydrogens is 274 g/mol. The summed E-state index contributed by atoms with van der Waals surface area (Å²) in [6, 6.07) is 0. The zero-order chi connectivity index (χ0) is 16.3. The average molecular weight is 312 g/mol. The Balaban J connectivity index is 3.09. The van der Waals surface area contributed by atoms with Gasteiger partial charge in [0.25, 0.3) is 0 Å². The number of hydrogen-bond acceptors (Lipinski definition) is 2. The lowest BCUT2D eigenvalue weighted by Gasteiger charge is -2.08. The first-order chi connectivity index (χ1) is 10.8. The van der Waals surface area contributed by atoms with E-state index < -0.39 is 0 Å². The number of unbranched alkanes of at least 4 members (excludes halogenated alkanes) is 12. The monoisotopic (exact) mass is 311 g/mol. The zero-order valence-corrected chi connectivity index (χ0v) is 14.7. The summed E-state index contributed by atoms with van der Waals surface area (Å²) >= 11 is 0. The molecule has 0 radical (unpaired) electrons. The van der Waals surface area contributed by atoms with Crippen LogP contribution in [0.15, 0.2) is 5.11 Å².